The lowest BCUT2D eigenvalue weighted by Crippen LogP contribution is -2.27. The van der Waals surface area contributed by atoms with Crippen molar-refractivity contribution in [2.24, 2.45) is 5.92 Å². The molecule has 0 aromatic heterocycles. The molecule has 0 heterocycles. The highest BCUT2D eigenvalue weighted by Gasteiger charge is 2.24. The molecule has 1 unspecified atom stereocenters. The lowest BCUT2D eigenvalue weighted by Gasteiger charge is -2.30. The van der Waals surface area contributed by atoms with Gasteiger partial charge in [0.1, 0.15) is 0 Å². The van der Waals surface area contributed by atoms with Crippen LogP contribution in [-0.4, -0.2) is 19.6 Å². The summed E-state index contributed by atoms with van der Waals surface area (Å²) in [5.74, 6) is 0.610. The van der Waals surface area contributed by atoms with E-state index in [1.807, 2.05) is 13.2 Å². The second kappa shape index (κ2) is 11.4. The maximum absolute atomic E-state index is 6.20. The number of rotatable bonds is 11. The number of allylic oxidation sites excluding steroid dienone is 1. The van der Waals surface area contributed by atoms with Gasteiger partial charge in [-0.2, -0.15) is 0 Å². The molecule has 0 aliphatic carbocycles. The fourth-order valence-corrected chi connectivity index (χ4v) is 2.97. The summed E-state index contributed by atoms with van der Waals surface area (Å²) < 4.78 is 0. The summed E-state index contributed by atoms with van der Waals surface area (Å²) in [5, 5.41) is 7.21. The van der Waals surface area contributed by atoms with E-state index in [1.54, 1.807) is 0 Å². The predicted octanol–water partition coefficient (Wildman–Crippen LogP) is 5.94. The van der Waals surface area contributed by atoms with Crippen molar-refractivity contribution in [3.05, 3.63) is 70.9 Å². The van der Waals surface area contributed by atoms with E-state index in [0.717, 1.165) is 25.0 Å². The zero-order valence-corrected chi connectivity index (χ0v) is 18.7. The van der Waals surface area contributed by atoms with E-state index in [0.29, 0.717) is 11.0 Å². The first-order chi connectivity index (χ1) is 12.7. The molecule has 0 radical (unpaired) electrons. The zero-order chi connectivity index (χ0) is 20.4. The van der Waals surface area contributed by atoms with Crippen LogP contribution in [0.1, 0.15) is 52.2 Å². The maximum atomic E-state index is 6.20. The Bertz CT molecular complexity index is 639. The molecule has 2 nitrogen and oxygen atoms in total. The summed E-state index contributed by atoms with van der Waals surface area (Å²) >= 11 is 6.20. The van der Waals surface area contributed by atoms with Gasteiger partial charge in [-0.3, -0.25) is 0 Å². The average molecular weight is 389 g/mol. The van der Waals surface area contributed by atoms with Gasteiger partial charge in [-0.1, -0.05) is 89.2 Å². The van der Waals surface area contributed by atoms with Crippen molar-refractivity contribution in [3.63, 3.8) is 0 Å². The summed E-state index contributed by atoms with van der Waals surface area (Å²) in [4.78, 5) is 0. The first kappa shape index (κ1) is 23.5. The second-order valence-corrected chi connectivity index (χ2v) is 8.34. The predicted molar refractivity (Wildman–Crippen MR) is 121 cm³/mol. The van der Waals surface area contributed by atoms with Crippen molar-refractivity contribution in [3.8, 4) is 0 Å². The van der Waals surface area contributed by atoms with Crippen LogP contribution in [0.3, 0.4) is 0 Å². The van der Waals surface area contributed by atoms with E-state index in [9.17, 15) is 0 Å². The highest BCUT2D eigenvalue weighted by Crippen LogP contribution is 2.31. The number of nitrogens with one attached hydrogen (secondary N) is 2. The molecule has 0 fully saturated rings. The Morgan fingerprint density at radius 1 is 1.22 bits per heavy atom. The number of likely N-dealkylation sites (N-methyl/N-ethyl adjacent to an activating group) is 1. The Kier molecular flexibility index (Phi) is 9.90. The van der Waals surface area contributed by atoms with Gasteiger partial charge in [0, 0.05) is 23.4 Å². The van der Waals surface area contributed by atoms with Gasteiger partial charge in [-0.05, 0) is 42.3 Å². The van der Waals surface area contributed by atoms with Gasteiger partial charge in [0.15, 0.2) is 0 Å². The standard InChI is InChI=1S/C24H37ClN2/c1-8-9-10-23(26-7)22(19(4)25)17-27-16-15-20-11-13-21(14-12-20)24(5,6)18(2)3/h9-14,17-18,23,26-27H,4,8,15-16H2,1-3,5-7H3/b10-9-,22-17-. The zero-order valence-electron chi connectivity index (χ0n) is 17.9. The van der Waals surface area contributed by atoms with Crippen LogP contribution in [-0.2, 0) is 11.8 Å². The molecule has 0 aliphatic rings. The molecule has 27 heavy (non-hydrogen) atoms. The Morgan fingerprint density at radius 3 is 2.33 bits per heavy atom. The third-order valence-electron chi connectivity index (χ3n) is 5.48. The van der Waals surface area contributed by atoms with Crippen molar-refractivity contribution in [2.75, 3.05) is 13.6 Å². The fraction of sp³-hybridized carbons (Fsp3) is 0.500. The van der Waals surface area contributed by atoms with E-state index in [4.69, 9.17) is 11.6 Å². The average Bonchev–Trinajstić information content (AvgIpc) is 2.63. The second-order valence-electron chi connectivity index (χ2n) is 7.88. The Hall–Kier alpha value is -1.51. The van der Waals surface area contributed by atoms with E-state index in [-0.39, 0.29) is 11.5 Å². The summed E-state index contributed by atoms with van der Waals surface area (Å²) in [5.41, 5.74) is 3.90. The lowest BCUT2D eigenvalue weighted by molar-refractivity contribution is 0.372. The van der Waals surface area contributed by atoms with Crippen molar-refractivity contribution in [2.45, 2.75) is 58.9 Å². The van der Waals surface area contributed by atoms with Gasteiger partial charge in [0.05, 0.1) is 6.04 Å². The molecule has 0 amide bonds. The maximum Gasteiger partial charge on any atom is 0.0532 e. The SMILES string of the molecule is C=C(Cl)/C(=C/NCCc1ccc(C(C)(C)C(C)C)cc1)C(/C=C\CC)NC. The van der Waals surface area contributed by atoms with E-state index < -0.39 is 0 Å². The third kappa shape index (κ3) is 7.20. The molecule has 0 spiro atoms. The van der Waals surface area contributed by atoms with Crippen molar-refractivity contribution < 1.29 is 0 Å². The van der Waals surface area contributed by atoms with Crippen molar-refractivity contribution in [1.29, 1.82) is 0 Å². The van der Waals surface area contributed by atoms with E-state index in [1.165, 1.54) is 11.1 Å². The van der Waals surface area contributed by atoms with Crippen LogP contribution in [0.2, 0.25) is 0 Å². The molecule has 1 atom stereocenters. The van der Waals surface area contributed by atoms with Gasteiger partial charge >= 0.3 is 0 Å². The molecule has 0 saturated carbocycles. The van der Waals surface area contributed by atoms with Gasteiger partial charge < -0.3 is 10.6 Å². The molecular formula is C24H37ClN2. The fourth-order valence-electron chi connectivity index (χ4n) is 2.80. The largest absolute Gasteiger partial charge is 0.390 e. The van der Waals surface area contributed by atoms with Crippen LogP contribution in [0, 0.1) is 5.92 Å². The smallest absolute Gasteiger partial charge is 0.0532 e. The van der Waals surface area contributed by atoms with Crippen LogP contribution >= 0.6 is 11.6 Å². The quantitative estimate of drug-likeness (QED) is 0.278. The van der Waals surface area contributed by atoms with Crippen LogP contribution in [0.4, 0.5) is 0 Å². The topological polar surface area (TPSA) is 24.1 Å². The van der Waals surface area contributed by atoms with E-state index >= 15 is 0 Å². The minimum absolute atomic E-state index is 0.0694. The molecule has 1 rings (SSSR count). The first-order valence-electron chi connectivity index (χ1n) is 9.95. The highest BCUT2D eigenvalue weighted by atomic mass is 35.5. The molecule has 150 valence electrons. The van der Waals surface area contributed by atoms with Crippen LogP contribution in [0.15, 0.2) is 59.8 Å². The molecule has 1 aromatic rings. The number of halogens is 1. The van der Waals surface area contributed by atoms with Crippen LogP contribution in [0.25, 0.3) is 0 Å². The minimum atomic E-state index is 0.0694. The molecule has 1 aromatic carbocycles. The molecule has 0 saturated heterocycles. The van der Waals surface area contributed by atoms with E-state index in [2.05, 4.69) is 88.2 Å². The lowest BCUT2D eigenvalue weighted by atomic mass is 9.75. The monoisotopic (exact) mass is 388 g/mol. The Balaban J connectivity index is 2.69. The summed E-state index contributed by atoms with van der Waals surface area (Å²) in [6.45, 7) is 16.1. The van der Waals surface area contributed by atoms with Crippen molar-refractivity contribution in [1.82, 2.24) is 10.6 Å². The summed E-state index contributed by atoms with van der Waals surface area (Å²) in [7, 11) is 1.93. The normalized spacial score (nSPS) is 14.0. The van der Waals surface area contributed by atoms with Gasteiger partial charge in [0.2, 0.25) is 0 Å². The van der Waals surface area contributed by atoms with Crippen LogP contribution in [0.5, 0.6) is 0 Å². The molecular weight excluding hydrogens is 352 g/mol. The molecule has 2 N–H and O–H groups in total. The Labute approximate surface area is 171 Å². The highest BCUT2D eigenvalue weighted by molar-refractivity contribution is 6.31. The number of benzene rings is 1. The number of hydrogen-bond donors (Lipinski definition) is 2. The Morgan fingerprint density at radius 2 is 1.85 bits per heavy atom. The first-order valence-corrected chi connectivity index (χ1v) is 10.3. The molecule has 3 heteroatoms. The summed E-state index contributed by atoms with van der Waals surface area (Å²) in [6, 6.07) is 9.09. The molecule has 0 aliphatic heterocycles. The molecule has 0 bridgehead atoms. The summed E-state index contributed by atoms with van der Waals surface area (Å²) in [6.07, 6.45) is 8.20. The third-order valence-corrected chi connectivity index (χ3v) is 5.70. The van der Waals surface area contributed by atoms with Gasteiger partial charge in [0.25, 0.3) is 0 Å². The van der Waals surface area contributed by atoms with Crippen LogP contribution < -0.4 is 10.6 Å². The minimum Gasteiger partial charge on any atom is -0.390 e. The van der Waals surface area contributed by atoms with Gasteiger partial charge in [-0.25, -0.2) is 0 Å². The van der Waals surface area contributed by atoms with Crippen molar-refractivity contribution >= 4 is 11.6 Å². The number of hydrogen-bond acceptors (Lipinski definition) is 2. The van der Waals surface area contributed by atoms with Gasteiger partial charge in [-0.15, -0.1) is 0 Å².